The highest BCUT2D eigenvalue weighted by Crippen LogP contribution is 2.26. The van der Waals surface area contributed by atoms with Crippen molar-refractivity contribution in [1.29, 1.82) is 0 Å². The first-order valence-electron chi connectivity index (χ1n) is 6.14. The van der Waals surface area contributed by atoms with Crippen molar-refractivity contribution in [2.45, 2.75) is 0 Å². The second-order valence-electron chi connectivity index (χ2n) is 3.94. The molecule has 0 atom stereocenters. The van der Waals surface area contributed by atoms with Gasteiger partial charge >= 0.3 is 12.0 Å². The van der Waals surface area contributed by atoms with E-state index in [0.29, 0.717) is 5.82 Å². The molecule has 0 saturated carbocycles. The van der Waals surface area contributed by atoms with Crippen LogP contribution in [0.3, 0.4) is 0 Å². The summed E-state index contributed by atoms with van der Waals surface area (Å²) in [6.07, 6.45) is 0. The number of hydrogen-bond acceptors (Lipinski definition) is 8. The van der Waals surface area contributed by atoms with Crippen LogP contribution in [0.1, 0.15) is 10.5 Å². The minimum absolute atomic E-state index is 0.00167. The number of nitrogens with zero attached hydrogens (tertiary/aromatic N) is 3. The molecular weight excluding hydrogens is 292 g/mol. The Morgan fingerprint density at radius 2 is 1.77 bits per heavy atom. The first-order valence-corrected chi connectivity index (χ1v) is 6.14. The van der Waals surface area contributed by atoms with Crippen molar-refractivity contribution in [2.24, 2.45) is 0 Å². The monoisotopic (exact) mass is 306 g/mol. The summed E-state index contributed by atoms with van der Waals surface area (Å²) < 4.78 is 15.4. The fourth-order valence-corrected chi connectivity index (χ4v) is 1.56. The Morgan fingerprint density at radius 1 is 1.14 bits per heavy atom. The number of aromatic nitrogens is 3. The second kappa shape index (κ2) is 6.57. The smallest absolute Gasteiger partial charge is 0.358 e. The highest BCUT2D eigenvalue weighted by atomic mass is 16.5. The standard InChI is InChI=1S/C13H14N4O5/c1-14-8-5-4-7(11(15-8)12(18)19)22-13-16-9(20-2)6-10(17-13)21-3/h4-6H,1-3H3,(H,14,15)(H,18,19). The summed E-state index contributed by atoms with van der Waals surface area (Å²) in [5.41, 5.74) is -0.266. The van der Waals surface area contributed by atoms with E-state index in [4.69, 9.17) is 14.2 Å². The normalized spacial score (nSPS) is 9.95. The molecule has 0 aliphatic carbocycles. The lowest BCUT2D eigenvalue weighted by atomic mass is 10.3. The molecule has 2 rings (SSSR count). The molecule has 2 N–H and O–H groups in total. The van der Waals surface area contributed by atoms with E-state index in [2.05, 4.69) is 20.3 Å². The molecule has 116 valence electrons. The van der Waals surface area contributed by atoms with Gasteiger partial charge in [-0.1, -0.05) is 0 Å². The molecule has 2 heterocycles. The Balaban J connectivity index is 2.40. The molecule has 9 heteroatoms. The van der Waals surface area contributed by atoms with Crippen LogP contribution in [-0.4, -0.2) is 47.3 Å². The van der Waals surface area contributed by atoms with E-state index in [-0.39, 0.29) is 29.2 Å². The maximum Gasteiger partial charge on any atom is 0.358 e. The van der Waals surface area contributed by atoms with Crippen molar-refractivity contribution in [2.75, 3.05) is 26.6 Å². The highest BCUT2D eigenvalue weighted by Gasteiger charge is 2.17. The van der Waals surface area contributed by atoms with Crippen molar-refractivity contribution in [1.82, 2.24) is 15.0 Å². The zero-order chi connectivity index (χ0) is 16.1. The lowest BCUT2D eigenvalue weighted by Gasteiger charge is -2.10. The Morgan fingerprint density at radius 3 is 2.27 bits per heavy atom. The molecular formula is C13H14N4O5. The van der Waals surface area contributed by atoms with Gasteiger partial charge in [-0.3, -0.25) is 0 Å². The number of rotatable bonds is 6. The van der Waals surface area contributed by atoms with Gasteiger partial charge in [0.25, 0.3) is 0 Å². The predicted octanol–water partition coefficient (Wildman–Crippen LogP) is 1.42. The van der Waals surface area contributed by atoms with E-state index in [1.54, 1.807) is 13.1 Å². The minimum atomic E-state index is -1.23. The Hall–Kier alpha value is -3.10. The van der Waals surface area contributed by atoms with E-state index < -0.39 is 5.97 Å². The number of pyridine rings is 1. The summed E-state index contributed by atoms with van der Waals surface area (Å²) >= 11 is 0. The van der Waals surface area contributed by atoms with Gasteiger partial charge < -0.3 is 24.6 Å². The summed E-state index contributed by atoms with van der Waals surface area (Å²) in [4.78, 5) is 23.1. The number of carbonyl (C=O) groups is 1. The summed E-state index contributed by atoms with van der Waals surface area (Å²) in [5, 5.41) is 12.0. The van der Waals surface area contributed by atoms with Gasteiger partial charge in [-0.25, -0.2) is 9.78 Å². The third-order valence-electron chi connectivity index (χ3n) is 2.60. The average molecular weight is 306 g/mol. The van der Waals surface area contributed by atoms with Gasteiger partial charge in [-0.05, 0) is 12.1 Å². The number of carboxylic acids is 1. The molecule has 0 fully saturated rings. The van der Waals surface area contributed by atoms with Gasteiger partial charge in [-0.2, -0.15) is 9.97 Å². The van der Waals surface area contributed by atoms with E-state index in [1.807, 2.05) is 0 Å². The third kappa shape index (κ3) is 3.32. The number of ether oxygens (including phenoxy) is 3. The van der Waals surface area contributed by atoms with Crippen LogP contribution in [0.4, 0.5) is 5.82 Å². The largest absolute Gasteiger partial charge is 0.481 e. The Labute approximate surface area is 125 Å². The quantitative estimate of drug-likeness (QED) is 0.817. The van der Waals surface area contributed by atoms with Crippen molar-refractivity contribution in [3.8, 4) is 23.5 Å². The first kappa shape index (κ1) is 15.3. The molecule has 0 bridgehead atoms. The lowest BCUT2D eigenvalue weighted by Crippen LogP contribution is -2.07. The maximum atomic E-state index is 11.3. The van der Waals surface area contributed by atoms with Crippen LogP contribution in [0.15, 0.2) is 18.2 Å². The average Bonchev–Trinajstić information content (AvgIpc) is 2.54. The van der Waals surface area contributed by atoms with Gasteiger partial charge in [0.15, 0.2) is 11.4 Å². The summed E-state index contributed by atoms with van der Waals surface area (Å²) in [7, 11) is 4.49. The molecule has 0 spiro atoms. The van der Waals surface area contributed by atoms with Crippen molar-refractivity contribution in [3.05, 3.63) is 23.9 Å². The fraction of sp³-hybridized carbons (Fsp3) is 0.231. The lowest BCUT2D eigenvalue weighted by molar-refractivity contribution is 0.0687. The predicted molar refractivity (Wildman–Crippen MR) is 76.0 cm³/mol. The third-order valence-corrected chi connectivity index (χ3v) is 2.60. The van der Waals surface area contributed by atoms with Crippen LogP contribution >= 0.6 is 0 Å². The number of nitrogens with one attached hydrogen (secondary N) is 1. The first-order chi connectivity index (χ1) is 10.6. The van der Waals surface area contributed by atoms with Crippen molar-refractivity contribution >= 4 is 11.8 Å². The molecule has 0 saturated heterocycles. The van der Waals surface area contributed by atoms with E-state index >= 15 is 0 Å². The molecule has 0 aromatic carbocycles. The molecule has 0 radical (unpaired) electrons. The zero-order valence-electron chi connectivity index (χ0n) is 12.2. The molecule has 22 heavy (non-hydrogen) atoms. The fourth-order valence-electron chi connectivity index (χ4n) is 1.56. The molecule has 0 unspecified atom stereocenters. The maximum absolute atomic E-state index is 11.3. The van der Waals surface area contributed by atoms with Crippen molar-refractivity contribution in [3.63, 3.8) is 0 Å². The molecule has 9 nitrogen and oxygen atoms in total. The summed E-state index contributed by atoms with van der Waals surface area (Å²) in [6, 6.07) is 4.38. The molecule has 0 amide bonds. The SMILES string of the molecule is CNc1ccc(Oc2nc(OC)cc(OC)n2)c(C(=O)O)n1. The molecule has 0 aliphatic heterocycles. The van der Waals surface area contributed by atoms with Crippen LogP contribution in [0.25, 0.3) is 0 Å². The van der Waals surface area contributed by atoms with Crippen LogP contribution in [0, 0.1) is 0 Å². The van der Waals surface area contributed by atoms with Crippen molar-refractivity contribution < 1.29 is 24.1 Å². The molecule has 2 aromatic rings. The van der Waals surface area contributed by atoms with E-state index in [9.17, 15) is 9.90 Å². The molecule has 0 aliphatic rings. The van der Waals surface area contributed by atoms with Gasteiger partial charge in [0, 0.05) is 7.05 Å². The summed E-state index contributed by atoms with van der Waals surface area (Å²) in [6.45, 7) is 0. The van der Waals surface area contributed by atoms with Gasteiger partial charge in [0.2, 0.25) is 11.8 Å². The van der Waals surface area contributed by atoms with Crippen LogP contribution in [0.2, 0.25) is 0 Å². The number of hydrogen-bond donors (Lipinski definition) is 2. The zero-order valence-corrected chi connectivity index (χ0v) is 12.2. The minimum Gasteiger partial charge on any atom is -0.481 e. The number of methoxy groups -OCH3 is 2. The highest BCUT2D eigenvalue weighted by molar-refractivity contribution is 5.89. The van der Waals surface area contributed by atoms with Gasteiger partial charge in [0.05, 0.1) is 20.3 Å². The second-order valence-corrected chi connectivity index (χ2v) is 3.94. The van der Waals surface area contributed by atoms with Gasteiger partial charge in [0.1, 0.15) is 5.82 Å². The number of anilines is 1. The van der Waals surface area contributed by atoms with Crippen LogP contribution in [0.5, 0.6) is 23.5 Å². The topological polar surface area (TPSA) is 116 Å². The molecule has 2 aromatic heterocycles. The Bertz CT molecular complexity index is 670. The number of aromatic carboxylic acids is 1. The van der Waals surface area contributed by atoms with Gasteiger partial charge in [-0.15, -0.1) is 0 Å². The van der Waals surface area contributed by atoms with E-state index in [1.165, 1.54) is 26.4 Å². The number of carboxylic acid groups (broad SMARTS) is 1. The van der Waals surface area contributed by atoms with Crippen LogP contribution in [-0.2, 0) is 0 Å². The Kier molecular flexibility index (Phi) is 4.57. The van der Waals surface area contributed by atoms with E-state index in [0.717, 1.165) is 0 Å². The summed E-state index contributed by atoms with van der Waals surface area (Å²) in [5.74, 6) is -0.394. The van der Waals surface area contributed by atoms with Crippen LogP contribution < -0.4 is 19.5 Å².